The molecule has 2 aromatic rings. The lowest BCUT2D eigenvalue weighted by molar-refractivity contribution is -0.142. The van der Waals surface area contributed by atoms with Crippen LogP contribution in [0, 0.1) is 25.7 Å². The minimum Gasteiger partial charge on any atom is -0.356 e. The number of hydrogen-bond donors (Lipinski definition) is 1. The molecule has 3 aliphatic rings. The van der Waals surface area contributed by atoms with Gasteiger partial charge in [0.2, 0.25) is 5.91 Å². The quantitative estimate of drug-likeness (QED) is 0.757. The fourth-order valence-corrected chi connectivity index (χ4v) is 6.07. The van der Waals surface area contributed by atoms with E-state index >= 15 is 0 Å². The number of rotatable bonds is 5. The molecule has 0 spiro atoms. The molecular formula is C25H34N6O2. The second-order valence-electron chi connectivity index (χ2n) is 9.83. The SMILES string of the molecule is CCn1nc(C)c(CNC(=O)c2ccc(N3CC4CC(C3)[C@H]3CCCC(=O)N3C4)nc2)c1C. The second-order valence-corrected chi connectivity index (χ2v) is 9.83. The van der Waals surface area contributed by atoms with Gasteiger partial charge < -0.3 is 15.1 Å². The van der Waals surface area contributed by atoms with Crippen molar-refractivity contribution in [1.29, 1.82) is 0 Å². The molecule has 3 fully saturated rings. The highest BCUT2D eigenvalue weighted by atomic mass is 16.2. The maximum Gasteiger partial charge on any atom is 0.253 e. The van der Waals surface area contributed by atoms with E-state index in [0.29, 0.717) is 42.3 Å². The number of piperidine rings is 3. The summed E-state index contributed by atoms with van der Waals surface area (Å²) in [6.45, 7) is 10.1. The molecule has 3 atom stereocenters. The van der Waals surface area contributed by atoms with Crippen LogP contribution in [0.1, 0.15) is 59.9 Å². The first-order valence-electron chi connectivity index (χ1n) is 12.3. The summed E-state index contributed by atoms with van der Waals surface area (Å²) in [5.74, 6) is 2.16. The molecule has 176 valence electrons. The molecule has 0 radical (unpaired) electrons. The molecular weight excluding hydrogens is 416 g/mol. The van der Waals surface area contributed by atoms with Crippen molar-refractivity contribution in [2.45, 2.75) is 65.6 Å². The van der Waals surface area contributed by atoms with Gasteiger partial charge in [-0.15, -0.1) is 0 Å². The number of pyridine rings is 1. The largest absolute Gasteiger partial charge is 0.356 e. The summed E-state index contributed by atoms with van der Waals surface area (Å²) in [6.07, 6.45) is 5.74. The normalized spacial score (nSPS) is 24.6. The minimum atomic E-state index is -0.121. The zero-order valence-electron chi connectivity index (χ0n) is 19.9. The van der Waals surface area contributed by atoms with Crippen molar-refractivity contribution in [3.05, 3.63) is 40.8 Å². The summed E-state index contributed by atoms with van der Waals surface area (Å²) in [5, 5.41) is 7.54. The molecule has 2 bridgehead atoms. The second kappa shape index (κ2) is 8.80. The number of carbonyl (C=O) groups is 2. The molecule has 2 aromatic heterocycles. The molecule has 0 aliphatic carbocycles. The molecule has 1 N–H and O–H groups in total. The predicted octanol–water partition coefficient (Wildman–Crippen LogP) is 2.68. The van der Waals surface area contributed by atoms with E-state index in [9.17, 15) is 9.59 Å². The number of nitrogens with one attached hydrogen (secondary N) is 1. The van der Waals surface area contributed by atoms with E-state index in [1.54, 1.807) is 6.20 Å². The summed E-state index contributed by atoms with van der Waals surface area (Å²) in [4.78, 5) is 34.2. The molecule has 5 heterocycles. The van der Waals surface area contributed by atoms with Gasteiger partial charge in [-0.05, 0) is 64.0 Å². The summed E-state index contributed by atoms with van der Waals surface area (Å²) < 4.78 is 1.96. The first kappa shape index (κ1) is 21.9. The van der Waals surface area contributed by atoms with Crippen molar-refractivity contribution in [2.24, 2.45) is 11.8 Å². The van der Waals surface area contributed by atoms with Gasteiger partial charge in [0.05, 0.1) is 11.3 Å². The van der Waals surface area contributed by atoms with Gasteiger partial charge in [0, 0.05) is 62.6 Å². The van der Waals surface area contributed by atoms with Crippen molar-refractivity contribution in [3.8, 4) is 0 Å². The molecule has 33 heavy (non-hydrogen) atoms. The van der Waals surface area contributed by atoms with Gasteiger partial charge in [0.25, 0.3) is 5.91 Å². The monoisotopic (exact) mass is 450 g/mol. The number of fused-ring (bicyclic) bond motifs is 4. The van der Waals surface area contributed by atoms with Crippen molar-refractivity contribution in [1.82, 2.24) is 25.0 Å². The smallest absolute Gasteiger partial charge is 0.253 e. The lowest BCUT2D eigenvalue weighted by Crippen LogP contribution is -2.60. The van der Waals surface area contributed by atoms with Crippen LogP contribution < -0.4 is 10.2 Å². The van der Waals surface area contributed by atoms with E-state index in [0.717, 1.165) is 61.8 Å². The van der Waals surface area contributed by atoms with Crippen LogP contribution >= 0.6 is 0 Å². The average Bonchev–Trinajstić information content (AvgIpc) is 3.10. The van der Waals surface area contributed by atoms with Gasteiger partial charge in [0.1, 0.15) is 5.82 Å². The first-order chi connectivity index (χ1) is 15.9. The molecule has 2 unspecified atom stereocenters. The van der Waals surface area contributed by atoms with Crippen LogP contribution in [0.4, 0.5) is 5.82 Å². The van der Waals surface area contributed by atoms with E-state index in [1.807, 2.05) is 30.7 Å². The number of nitrogens with zero attached hydrogens (tertiary/aromatic N) is 5. The lowest BCUT2D eigenvalue weighted by atomic mass is 9.76. The summed E-state index contributed by atoms with van der Waals surface area (Å²) in [6, 6.07) is 4.22. The van der Waals surface area contributed by atoms with E-state index in [1.165, 1.54) is 6.42 Å². The van der Waals surface area contributed by atoms with Gasteiger partial charge in [-0.2, -0.15) is 5.10 Å². The van der Waals surface area contributed by atoms with Crippen molar-refractivity contribution < 1.29 is 9.59 Å². The van der Waals surface area contributed by atoms with Gasteiger partial charge in [-0.3, -0.25) is 14.3 Å². The zero-order chi connectivity index (χ0) is 23.1. The Balaban J connectivity index is 1.22. The Hall–Kier alpha value is -2.90. The maximum absolute atomic E-state index is 12.7. The Bertz CT molecular complexity index is 1050. The lowest BCUT2D eigenvalue weighted by Gasteiger charge is -2.52. The Kier molecular flexibility index (Phi) is 5.85. The Morgan fingerprint density at radius 2 is 2.06 bits per heavy atom. The van der Waals surface area contributed by atoms with Crippen LogP contribution in [0.25, 0.3) is 0 Å². The highest BCUT2D eigenvalue weighted by molar-refractivity contribution is 5.94. The summed E-state index contributed by atoms with van der Waals surface area (Å²) in [7, 11) is 0. The fourth-order valence-electron chi connectivity index (χ4n) is 6.07. The molecule has 8 nitrogen and oxygen atoms in total. The number of carbonyl (C=O) groups excluding carboxylic acids is 2. The fraction of sp³-hybridized carbons (Fsp3) is 0.600. The number of anilines is 1. The summed E-state index contributed by atoms with van der Waals surface area (Å²) >= 11 is 0. The number of amides is 2. The maximum atomic E-state index is 12.7. The highest BCUT2D eigenvalue weighted by Gasteiger charge is 2.44. The Morgan fingerprint density at radius 1 is 1.21 bits per heavy atom. The molecule has 3 saturated heterocycles. The van der Waals surface area contributed by atoms with E-state index in [2.05, 4.69) is 32.1 Å². The first-order valence-corrected chi connectivity index (χ1v) is 12.3. The minimum absolute atomic E-state index is 0.121. The molecule has 8 heteroatoms. The zero-order valence-corrected chi connectivity index (χ0v) is 19.9. The van der Waals surface area contributed by atoms with Gasteiger partial charge in [-0.25, -0.2) is 4.98 Å². The topological polar surface area (TPSA) is 83.4 Å². The van der Waals surface area contributed by atoms with Crippen LogP contribution in [0.15, 0.2) is 18.3 Å². The van der Waals surface area contributed by atoms with Crippen LogP contribution in [-0.4, -0.2) is 57.2 Å². The Labute approximate surface area is 195 Å². The van der Waals surface area contributed by atoms with Gasteiger partial charge in [0.15, 0.2) is 0 Å². The highest BCUT2D eigenvalue weighted by Crippen LogP contribution is 2.38. The molecule has 5 rings (SSSR count). The number of aromatic nitrogens is 3. The van der Waals surface area contributed by atoms with E-state index in [4.69, 9.17) is 0 Å². The molecule has 2 amide bonds. The number of hydrogen-bond acceptors (Lipinski definition) is 5. The van der Waals surface area contributed by atoms with Crippen molar-refractivity contribution >= 4 is 17.6 Å². The van der Waals surface area contributed by atoms with E-state index < -0.39 is 0 Å². The molecule has 0 aromatic carbocycles. The van der Waals surface area contributed by atoms with Gasteiger partial charge in [-0.1, -0.05) is 0 Å². The molecule has 0 saturated carbocycles. The van der Waals surface area contributed by atoms with Crippen LogP contribution in [0.3, 0.4) is 0 Å². The number of aryl methyl sites for hydroxylation is 2. The van der Waals surface area contributed by atoms with E-state index in [-0.39, 0.29) is 5.91 Å². The van der Waals surface area contributed by atoms with Gasteiger partial charge >= 0.3 is 0 Å². The third-order valence-corrected chi connectivity index (χ3v) is 7.77. The van der Waals surface area contributed by atoms with Crippen molar-refractivity contribution in [3.63, 3.8) is 0 Å². The van der Waals surface area contributed by atoms with Crippen LogP contribution in [0.2, 0.25) is 0 Å². The third kappa shape index (κ3) is 4.11. The van der Waals surface area contributed by atoms with Crippen molar-refractivity contribution in [2.75, 3.05) is 24.5 Å². The van der Waals surface area contributed by atoms with Crippen LogP contribution in [-0.2, 0) is 17.9 Å². The average molecular weight is 451 g/mol. The third-order valence-electron chi connectivity index (χ3n) is 7.77. The molecule has 3 aliphatic heterocycles. The summed E-state index contributed by atoms with van der Waals surface area (Å²) in [5.41, 5.74) is 3.69. The standard InChI is InChI=1S/C25H34N6O2/c1-4-31-17(3)21(16(2)28-31)12-27-25(33)19-8-9-23(26-11-19)29-13-18-10-20(15-29)22-6-5-7-24(32)30(22)14-18/h8-9,11,18,20,22H,4-7,10,12-15H2,1-3H3,(H,27,33)/t18?,20?,22-/m1/s1. The van der Waals surface area contributed by atoms with Crippen LogP contribution in [0.5, 0.6) is 0 Å². The Morgan fingerprint density at radius 3 is 2.79 bits per heavy atom. The predicted molar refractivity (Wildman–Crippen MR) is 126 cm³/mol.